The van der Waals surface area contributed by atoms with Crippen molar-refractivity contribution in [3.63, 3.8) is 0 Å². The predicted molar refractivity (Wildman–Crippen MR) is 153 cm³/mol. The van der Waals surface area contributed by atoms with Gasteiger partial charge in [-0.3, -0.25) is 4.79 Å². The maximum Gasteiger partial charge on any atom is 0.348 e. The number of fused-ring (bicyclic) bond motifs is 3. The lowest BCUT2D eigenvalue weighted by Crippen LogP contribution is -2.23. The number of hydrogen-bond donors (Lipinski definition) is 1. The van der Waals surface area contributed by atoms with E-state index in [1.165, 1.54) is 24.0 Å². The van der Waals surface area contributed by atoms with Crippen molar-refractivity contribution in [2.24, 2.45) is 0 Å². The molecule has 4 rings (SSSR count). The molecule has 11 heteroatoms. The van der Waals surface area contributed by atoms with E-state index in [2.05, 4.69) is 11.4 Å². The Labute approximate surface area is 239 Å². The Bertz CT molecular complexity index is 1440. The third-order valence-corrected chi connectivity index (χ3v) is 10.0. The molecule has 1 unspecified atom stereocenters. The van der Waals surface area contributed by atoms with E-state index in [0.29, 0.717) is 31.6 Å². The van der Waals surface area contributed by atoms with Crippen LogP contribution in [0.25, 0.3) is 10.4 Å². The summed E-state index contributed by atoms with van der Waals surface area (Å²) >= 11 is 3.60. The van der Waals surface area contributed by atoms with Gasteiger partial charge in [0.2, 0.25) is 5.91 Å². The zero-order valence-electron chi connectivity index (χ0n) is 22.3. The van der Waals surface area contributed by atoms with E-state index < -0.39 is 23.2 Å². The number of amides is 1. The van der Waals surface area contributed by atoms with Crippen LogP contribution in [-0.2, 0) is 31.8 Å². The van der Waals surface area contributed by atoms with Crippen molar-refractivity contribution in [2.75, 3.05) is 25.6 Å². The Morgan fingerprint density at radius 2 is 1.67 bits per heavy atom. The molecule has 1 amide bonds. The summed E-state index contributed by atoms with van der Waals surface area (Å²) in [5.74, 6) is -1.94. The van der Waals surface area contributed by atoms with Crippen molar-refractivity contribution in [2.45, 2.75) is 50.0 Å². The van der Waals surface area contributed by atoms with Crippen LogP contribution in [0.15, 0.2) is 28.5 Å². The van der Waals surface area contributed by atoms with Crippen LogP contribution < -0.4 is 5.32 Å². The lowest BCUT2D eigenvalue weighted by molar-refractivity contribution is -0.115. The van der Waals surface area contributed by atoms with Crippen LogP contribution in [0.5, 0.6) is 0 Å². The highest BCUT2D eigenvalue weighted by Crippen LogP contribution is 2.46. The molecule has 2 heterocycles. The molecule has 8 nitrogen and oxygen atoms in total. The molecule has 206 valence electrons. The van der Waals surface area contributed by atoms with Gasteiger partial charge in [-0.25, -0.2) is 14.4 Å². The standard InChI is InChI=1S/C28H29NO7S3/c1-6-35-26(32)20-18-13-12-16-10-8-9-11-17(16)22(18)38-24(20)29-23(30)15(4)37-28-19(25(31)34-5)14(3)21(39-28)27(33)36-7-2/h8-11,15H,6-7,12-13H2,1-5H3,(H,29,30). The molecule has 0 fully saturated rings. The van der Waals surface area contributed by atoms with Crippen LogP contribution in [0.4, 0.5) is 5.00 Å². The second-order valence-electron chi connectivity index (χ2n) is 8.67. The van der Waals surface area contributed by atoms with E-state index in [0.717, 1.165) is 45.5 Å². The number of carbonyl (C=O) groups excluding carboxylic acids is 4. The van der Waals surface area contributed by atoms with E-state index in [4.69, 9.17) is 14.2 Å². The maximum absolute atomic E-state index is 13.4. The zero-order chi connectivity index (χ0) is 28.3. The summed E-state index contributed by atoms with van der Waals surface area (Å²) in [5, 5.41) is 2.72. The summed E-state index contributed by atoms with van der Waals surface area (Å²) in [7, 11) is 1.27. The van der Waals surface area contributed by atoms with E-state index in [1.54, 1.807) is 27.7 Å². The van der Waals surface area contributed by atoms with Gasteiger partial charge in [0.05, 0.1) is 40.9 Å². The maximum atomic E-state index is 13.4. The molecular formula is C28H29NO7S3. The van der Waals surface area contributed by atoms with Crippen molar-refractivity contribution < 1.29 is 33.4 Å². The summed E-state index contributed by atoms with van der Waals surface area (Å²) in [5.41, 5.74) is 4.22. The number of rotatable bonds is 9. The quantitative estimate of drug-likeness (QED) is 0.181. The second-order valence-corrected chi connectivity index (χ2v) is 12.3. The molecule has 0 radical (unpaired) electrons. The number of anilines is 1. The molecule has 0 spiro atoms. The first-order chi connectivity index (χ1) is 18.7. The average Bonchev–Trinajstić information content (AvgIpc) is 3.45. The number of esters is 3. The molecule has 1 aliphatic carbocycles. The minimum Gasteiger partial charge on any atom is -0.465 e. The van der Waals surface area contributed by atoms with Crippen molar-refractivity contribution in [1.82, 2.24) is 0 Å². The number of carbonyl (C=O) groups is 4. The van der Waals surface area contributed by atoms with Crippen molar-refractivity contribution >= 4 is 63.3 Å². The molecule has 1 aliphatic rings. The highest BCUT2D eigenvalue weighted by atomic mass is 32.2. The molecule has 1 atom stereocenters. The fourth-order valence-electron chi connectivity index (χ4n) is 4.38. The molecular weight excluding hydrogens is 559 g/mol. The van der Waals surface area contributed by atoms with Gasteiger partial charge in [0.25, 0.3) is 0 Å². The average molecular weight is 588 g/mol. The van der Waals surface area contributed by atoms with Gasteiger partial charge in [-0.15, -0.1) is 34.4 Å². The van der Waals surface area contributed by atoms with Gasteiger partial charge in [0, 0.05) is 4.88 Å². The van der Waals surface area contributed by atoms with Crippen molar-refractivity contribution in [3.8, 4) is 10.4 Å². The first-order valence-electron chi connectivity index (χ1n) is 12.5. The lowest BCUT2D eigenvalue weighted by atomic mass is 9.89. The molecule has 0 saturated carbocycles. The highest BCUT2D eigenvalue weighted by molar-refractivity contribution is 8.02. The third-order valence-electron chi connectivity index (χ3n) is 6.25. The Kier molecular flexibility index (Phi) is 9.14. The van der Waals surface area contributed by atoms with Crippen LogP contribution in [-0.4, -0.2) is 49.4 Å². The summed E-state index contributed by atoms with van der Waals surface area (Å²) in [6.07, 6.45) is 1.47. The monoisotopic (exact) mass is 587 g/mol. The molecule has 2 aromatic heterocycles. The summed E-state index contributed by atoms with van der Waals surface area (Å²) < 4.78 is 15.9. The van der Waals surface area contributed by atoms with Crippen LogP contribution >= 0.6 is 34.4 Å². The molecule has 1 aromatic carbocycles. The Balaban J connectivity index is 1.64. The van der Waals surface area contributed by atoms with E-state index in [9.17, 15) is 19.2 Å². The number of aryl methyl sites for hydroxylation is 1. The van der Waals surface area contributed by atoms with Gasteiger partial charge in [0.15, 0.2) is 0 Å². The fraction of sp³-hybridized carbons (Fsp3) is 0.357. The molecule has 0 aliphatic heterocycles. The molecule has 0 bridgehead atoms. The number of thiophene rings is 2. The van der Waals surface area contributed by atoms with Gasteiger partial charge in [-0.05, 0) is 62.8 Å². The van der Waals surface area contributed by atoms with Crippen LogP contribution in [0.1, 0.15) is 67.8 Å². The van der Waals surface area contributed by atoms with Gasteiger partial charge in [-0.1, -0.05) is 24.3 Å². The fourth-order valence-corrected chi connectivity index (χ4v) is 8.31. The number of benzene rings is 1. The number of hydrogen-bond acceptors (Lipinski definition) is 10. The third kappa shape index (κ3) is 5.75. The first kappa shape index (κ1) is 28.8. The van der Waals surface area contributed by atoms with Crippen LogP contribution in [0.2, 0.25) is 0 Å². The minimum absolute atomic E-state index is 0.197. The molecule has 3 aromatic rings. The summed E-state index contributed by atoms with van der Waals surface area (Å²) in [4.78, 5) is 52.7. The van der Waals surface area contributed by atoms with E-state index >= 15 is 0 Å². The van der Waals surface area contributed by atoms with Crippen molar-refractivity contribution in [1.29, 1.82) is 0 Å². The largest absolute Gasteiger partial charge is 0.465 e. The second kappa shape index (κ2) is 12.4. The van der Waals surface area contributed by atoms with Gasteiger partial charge >= 0.3 is 17.9 Å². The Morgan fingerprint density at radius 1 is 0.974 bits per heavy atom. The van der Waals surface area contributed by atoms with Crippen LogP contribution in [0.3, 0.4) is 0 Å². The van der Waals surface area contributed by atoms with E-state index in [-0.39, 0.29) is 24.7 Å². The number of thioether (sulfide) groups is 1. The predicted octanol–water partition coefficient (Wildman–Crippen LogP) is 6.14. The van der Waals surface area contributed by atoms with Crippen molar-refractivity contribution in [3.05, 3.63) is 57.0 Å². The molecule has 0 saturated heterocycles. The number of nitrogens with one attached hydrogen (secondary N) is 1. The van der Waals surface area contributed by atoms with E-state index in [1.807, 2.05) is 18.2 Å². The minimum atomic E-state index is -0.664. The van der Waals surface area contributed by atoms with Gasteiger partial charge in [-0.2, -0.15) is 0 Å². The zero-order valence-corrected chi connectivity index (χ0v) is 24.7. The van der Waals surface area contributed by atoms with Gasteiger partial charge in [0.1, 0.15) is 9.88 Å². The first-order valence-corrected chi connectivity index (χ1v) is 15.0. The number of ether oxygens (including phenoxy) is 3. The smallest absolute Gasteiger partial charge is 0.348 e. The lowest BCUT2D eigenvalue weighted by Gasteiger charge is -2.16. The van der Waals surface area contributed by atoms with Crippen LogP contribution in [0, 0.1) is 6.92 Å². The normalized spacial score (nSPS) is 12.6. The topological polar surface area (TPSA) is 108 Å². The SMILES string of the molecule is CCOC(=O)c1sc(SC(C)C(=O)Nc2sc3c(c2C(=O)OCC)CCc2ccccc2-3)c(C(=O)OC)c1C. The number of methoxy groups -OCH3 is 1. The Hall–Kier alpha value is -3.15. The molecule has 1 N–H and O–H groups in total. The molecule has 39 heavy (non-hydrogen) atoms. The van der Waals surface area contributed by atoms with Gasteiger partial charge < -0.3 is 19.5 Å². The summed E-state index contributed by atoms with van der Waals surface area (Å²) in [6, 6.07) is 8.05. The Morgan fingerprint density at radius 3 is 2.36 bits per heavy atom. The highest BCUT2D eigenvalue weighted by Gasteiger charge is 2.32. The summed E-state index contributed by atoms with van der Waals surface area (Å²) in [6.45, 7) is 7.22.